The Morgan fingerprint density at radius 1 is 1.00 bits per heavy atom. The van der Waals surface area contributed by atoms with Gasteiger partial charge in [0.25, 0.3) is 5.91 Å². The summed E-state index contributed by atoms with van der Waals surface area (Å²) in [6, 6.07) is 20.3. The Kier molecular flexibility index (Phi) is 8.66. The number of aliphatic hydroxyl groups is 1. The quantitative estimate of drug-likeness (QED) is 0.345. The van der Waals surface area contributed by atoms with Crippen molar-refractivity contribution in [1.82, 2.24) is 10.6 Å². The topological polar surface area (TPSA) is 117 Å². The number of ether oxygens (including phenoxy) is 1. The molecule has 198 valence electrons. The second-order valence-corrected chi connectivity index (χ2v) is 10.00. The van der Waals surface area contributed by atoms with Crippen molar-refractivity contribution in [2.45, 2.75) is 44.6 Å². The van der Waals surface area contributed by atoms with E-state index < -0.39 is 42.0 Å². The molecule has 0 saturated heterocycles. The Morgan fingerprint density at radius 2 is 1.66 bits per heavy atom. The van der Waals surface area contributed by atoms with Gasteiger partial charge in [-0.2, -0.15) is 0 Å². The molecule has 0 bridgehead atoms. The molecule has 0 aromatic heterocycles. The van der Waals surface area contributed by atoms with E-state index in [1.807, 2.05) is 32.0 Å². The molecule has 3 aromatic rings. The van der Waals surface area contributed by atoms with E-state index in [-0.39, 0.29) is 12.3 Å². The van der Waals surface area contributed by atoms with Crippen molar-refractivity contribution < 1.29 is 24.2 Å². The van der Waals surface area contributed by atoms with E-state index in [1.165, 1.54) is 0 Å². The van der Waals surface area contributed by atoms with Crippen molar-refractivity contribution in [3.8, 4) is 5.75 Å². The number of halogens is 1. The highest BCUT2D eigenvalue weighted by Gasteiger charge is 2.38. The number of hydrogen-bond acceptors (Lipinski definition) is 5. The standard InChI is InChI=1S/C29H30ClN3O5/c1-17(2)15-22(34)27(35)32-24(18-9-5-3-6-10-18)28(36)33-25-26(19-11-7-4-8-12-19)38-23-14-13-20(30)16-21(23)31-29(25)37/h3-14,16-17,22,24-26,34H,15H2,1-2H3,(H,31,37)(H,32,35)(H,33,36)/t22?,24-,25-,26+/m0/s1. The summed E-state index contributed by atoms with van der Waals surface area (Å²) in [6.07, 6.45) is -1.92. The van der Waals surface area contributed by atoms with Crippen LogP contribution in [0.2, 0.25) is 5.02 Å². The van der Waals surface area contributed by atoms with E-state index in [1.54, 1.807) is 60.7 Å². The van der Waals surface area contributed by atoms with Gasteiger partial charge in [0.2, 0.25) is 11.8 Å². The average molecular weight is 536 g/mol. The number of carbonyl (C=O) groups is 3. The lowest BCUT2D eigenvalue weighted by Crippen LogP contribution is -2.52. The summed E-state index contributed by atoms with van der Waals surface area (Å²) in [4.78, 5) is 39.9. The molecule has 9 heteroatoms. The fourth-order valence-corrected chi connectivity index (χ4v) is 4.45. The first-order chi connectivity index (χ1) is 18.2. The summed E-state index contributed by atoms with van der Waals surface area (Å²) in [5, 5.41) is 19.0. The zero-order valence-corrected chi connectivity index (χ0v) is 21.8. The van der Waals surface area contributed by atoms with Gasteiger partial charge < -0.3 is 25.8 Å². The molecule has 3 aromatic carbocycles. The average Bonchev–Trinajstić information content (AvgIpc) is 3.03. The maximum absolute atomic E-state index is 13.7. The number of anilines is 1. The number of fused-ring (bicyclic) bond motifs is 1. The summed E-state index contributed by atoms with van der Waals surface area (Å²) in [7, 11) is 0. The molecule has 0 aliphatic carbocycles. The monoisotopic (exact) mass is 535 g/mol. The Bertz CT molecular complexity index is 1290. The van der Waals surface area contributed by atoms with Gasteiger partial charge in [-0.1, -0.05) is 86.1 Å². The van der Waals surface area contributed by atoms with Crippen LogP contribution in [0.3, 0.4) is 0 Å². The van der Waals surface area contributed by atoms with Gasteiger partial charge in [0.1, 0.15) is 23.9 Å². The molecule has 1 aliphatic heterocycles. The van der Waals surface area contributed by atoms with Gasteiger partial charge in [-0.3, -0.25) is 14.4 Å². The van der Waals surface area contributed by atoms with Gasteiger partial charge in [0.05, 0.1) is 5.69 Å². The molecule has 0 spiro atoms. The van der Waals surface area contributed by atoms with E-state index in [0.29, 0.717) is 27.6 Å². The first-order valence-electron chi connectivity index (χ1n) is 12.4. The SMILES string of the molecule is CC(C)CC(O)C(=O)N[C@H](C(=O)N[C@@H]1C(=O)Nc2cc(Cl)ccc2O[C@@H]1c1ccccc1)c1ccccc1. The molecule has 0 fully saturated rings. The molecule has 4 rings (SSSR count). The Hall–Kier alpha value is -3.88. The summed E-state index contributed by atoms with van der Waals surface area (Å²) < 4.78 is 6.25. The number of hydrogen-bond donors (Lipinski definition) is 4. The fraction of sp³-hybridized carbons (Fsp3) is 0.276. The van der Waals surface area contributed by atoms with Crippen LogP contribution in [0.5, 0.6) is 5.75 Å². The lowest BCUT2D eigenvalue weighted by molar-refractivity contribution is -0.136. The number of amides is 3. The van der Waals surface area contributed by atoms with E-state index >= 15 is 0 Å². The minimum Gasteiger partial charge on any atom is -0.481 e. The second-order valence-electron chi connectivity index (χ2n) is 9.56. The van der Waals surface area contributed by atoms with Gasteiger partial charge in [-0.05, 0) is 41.7 Å². The lowest BCUT2D eigenvalue weighted by Gasteiger charge is -2.28. The Balaban J connectivity index is 1.65. The summed E-state index contributed by atoms with van der Waals surface area (Å²) in [5.41, 5.74) is 1.55. The minimum absolute atomic E-state index is 0.0772. The molecule has 4 atom stereocenters. The first kappa shape index (κ1) is 27.2. The van der Waals surface area contributed by atoms with Crippen LogP contribution >= 0.6 is 11.6 Å². The van der Waals surface area contributed by atoms with E-state index in [9.17, 15) is 19.5 Å². The van der Waals surface area contributed by atoms with Crippen LogP contribution in [-0.4, -0.2) is 35.0 Å². The van der Waals surface area contributed by atoms with Crippen molar-refractivity contribution in [1.29, 1.82) is 0 Å². The van der Waals surface area contributed by atoms with Crippen molar-refractivity contribution in [2.24, 2.45) is 5.92 Å². The molecule has 8 nitrogen and oxygen atoms in total. The number of benzene rings is 3. The molecule has 4 N–H and O–H groups in total. The largest absolute Gasteiger partial charge is 0.481 e. The third-order valence-electron chi connectivity index (χ3n) is 6.14. The summed E-state index contributed by atoms with van der Waals surface area (Å²) in [5.74, 6) is -1.33. The smallest absolute Gasteiger partial charge is 0.251 e. The molecule has 38 heavy (non-hydrogen) atoms. The Morgan fingerprint density at radius 3 is 2.32 bits per heavy atom. The van der Waals surface area contributed by atoms with Crippen LogP contribution in [0.15, 0.2) is 78.9 Å². The molecule has 1 unspecified atom stereocenters. The van der Waals surface area contributed by atoms with Gasteiger partial charge in [-0.15, -0.1) is 0 Å². The van der Waals surface area contributed by atoms with E-state index in [0.717, 1.165) is 0 Å². The zero-order valence-electron chi connectivity index (χ0n) is 21.1. The minimum atomic E-state index is -1.28. The molecule has 1 heterocycles. The Labute approximate surface area is 226 Å². The molecular weight excluding hydrogens is 506 g/mol. The normalized spacial score (nSPS) is 18.3. The van der Waals surface area contributed by atoms with Crippen LogP contribution in [0.25, 0.3) is 0 Å². The highest BCUT2D eigenvalue weighted by Crippen LogP contribution is 2.36. The fourth-order valence-electron chi connectivity index (χ4n) is 4.27. The third kappa shape index (κ3) is 6.51. The first-order valence-corrected chi connectivity index (χ1v) is 12.8. The number of carbonyl (C=O) groups excluding carboxylic acids is 3. The van der Waals surface area contributed by atoms with Crippen molar-refractivity contribution in [3.63, 3.8) is 0 Å². The summed E-state index contributed by atoms with van der Waals surface area (Å²) >= 11 is 6.13. The van der Waals surface area contributed by atoms with E-state index in [4.69, 9.17) is 16.3 Å². The highest BCUT2D eigenvalue weighted by molar-refractivity contribution is 6.31. The maximum Gasteiger partial charge on any atom is 0.251 e. The number of rotatable bonds is 8. The third-order valence-corrected chi connectivity index (χ3v) is 6.38. The van der Waals surface area contributed by atoms with Crippen molar-refractivity contribution >= 4 is 35.0 Å². The maximum atomic E-state index is 13.7. The molecule has 1 aliphatic rings. The van der Waals surface area contributed by atoms with Crippen LogP contribution in [0.4, 0.5) is 5.69 Å². The van der Waals surface area contributed by atoms with Gasteiger partial charge >= 0.3 is 0 Å². The number of nitrogens with one attached hydrogen (secondary N) is 3. The van der Waals surface area contributed by atoms with Gasteiger partial charge in [-0.25, -0.2) is 0 Å². The molecule has 3 amide bonds. The van der Waals surface area contributed by atoms with Gasteiger partial charge in [0, 0.05) is 5.02 Å². The molecule has 0 saturated carbocycles. The predicted molar refractivity (Wildman–Crippen MR) is 145 cm³/mol. The van der Waals surface area contributed by atoms with Crippen molar-refractivity contribution in [2.75, 3.05) is 5.32 Å². The lowest BCUT2D eigenvalue weighted by atomic mass is 9.99. The number of aliphatic hydroxyl groups excluding tert-OH is 1. The van der Waals surface area contributed by atoms with Crippen LogP contribution in [-0.2, 0) is 14.4 Å². The van der Waals surface area contributed by atoms with Crippen LogP contribution in [0.1, 0.15) is 43.5 Å². The van der Waals surface area contributed by atoms with Crippen LogP contribution in [0, 0.1) is 5.92 Å². The van der Waals surface area contributed by atoms with Crippen LogP contribution < -0.4 is 20.7 Å². The zero-order chi connectivity index (χ0) is 27.2. The molecule has 0 radical (unpaired) electrons. The van der Waals surface area contributed by atoms with Crippen molar-refractivity contribution in [3.05, 3.63) is 95.0 Å². The highest BCUT2D eigenvalue weighted by atomic mass is 35.5. The summed E-state index contributed by atoms with van der Waals surface area (Å²) in [6.45, 7) is 3.77. The van der Waals surface area contributed by atoms with E-state index in [2.05, 4.69) is 16.0 Å². The van der Waals surface area contributed by atoms with Gasteiger partial charge in [0.15, 0.2) is 6.10 Å². The molecular formula is C29H30ClN3O5. The predicted octanol–water partition coefficient (Wildman–Crippen LogP) is 4.16. The second kappa shape index (κ2) is 12.1.